The number of nitrogens with zero attached hydrogens (tertiary/aromatic N) is 5. The van der Waals surface area contributed by atoms with Gasteiger partial charge in [0.2, 0.25) is 5.88 Å². The number of hydrogen-bond donors (Lipinski definition) is 1. The third kappa shape index (κ3) is 5.06. The second kappa shape index (κ2) is 8.95. The molecule has 2 aliphatic rings. The number of β-amino-alcohol motifs (C(OH)–C–C–N with tert-alkyl or cyclic N) is 1. The summed E-state index contributed by atoms with van der Waals surface area (Å²) in [4.78, 5) is 18.6. The molecule has 1 unspecified atom stereocenters. The van der Waals surface area contributed by atoms with Gasteiger partial charge < -0.3 is 19.5 Å². The van der Waals surface area contributed by atoms with E-state index in [1.165, 1.54) is 17.7 Å². The van der Waals surface area contributed by atoms with E-state index in [9.17, 15) is 9.90 Å². The molecule has 3 heterocycles. The number of likely N-dealkylation sites (tertiary alicyclic amines) is 1. The van der Waals surface area contributed by atoms with E-state index in [-0.39, 0.29) is 12.4 Å². The van der Waals surface area contributed by atoms with E-state index in [2.05, 4.69) is 15.3 Å². The monoisotopic (exact) mass is 499 g/mol. The summed E-state index contributed by atoms with van der Waals surface area (Å²) in [6, 6.07) is 7.16. The first-order valence-electron chi connectivity index (χ1n) is 12.0. The number of benzene rings is 1. The molecule has 0 bridgehead atoms. The van der Waals surface area contributed by atoms with Gasteiger partial charge in [-0.15, -0.1) is 5.10 Å². The van der Waals surface area contributed by atoms with Crippen LogP contribution in [-0.2, 0) is 16.9 Å². The van der Waals surface area contributed by atoms with Gasteiger partial charge in [0.15, 0.2) is 5.75 Å². The van der Waals surface area contributed by atoms with Crippen LogP contribution in [0, 0.1) is 5.92 Å². The van der Waals surface area contributed by atoms with Crippen LogP contribution in [0.15, 0.2) is 30.5 Å². The smallest absolute Gasteiger partial charge is 0.410 e. The van der Waals surface area contributed by atoms with Crippen molar-refractivity contribution in [1.29, 1.82) is 0 Å². The maximum absolute atomic E-state index is 12.7. The Kier molecular flexibility index (Phi) is 6.09. The van der Waals surface area contributed by atoms with Gasteiger partial charge in [0, 0.05) is 24.8 Å². The van der Waals surface area contributed by atoms with Crippen LogP contribution in [-0.4, -0.2) is 54.8 Å². The summed E-state index contributed by atoms with van der Waals surface area (Å²) in [5, 5.41) is 20.5. The minimum atomic E-state index is -1.34. The van der Waals surface area contributed by atoms with Gasteiger partial charge in [-0.3, -0.25) is 0 Å². The topological polar surface area (TPSA) is 103 Å². The van der Waals surface area contributed by atoms with Crippen molar-refractivity contribution in [1.82, 2.24) is 24.9 Å². The first kappa shape index (κ1) is 23.8. The van der Waals surface area contributed by atoms with E-state index >= 15 is 0 Å². The molecule has 1 atom stereocenters. The van der Waals surface area contributed by atoms with E-state index in [0.29, 0.717) is 47.2 Å². The van der Waals surface area contributed by atoms with Crippen molar-refractivity contribution in [2.75, 3.05) is 13.1 Å². The van der Waals surface area contributed by atoms with Crippen molar-refractivity contribution in [3.05, 3.63) is 41.0 Å². The Balaban J connectivity index is 1.40. The summed E-state index contributed by atoms with van der Waals surface area (Å²) in [6.07, 6.45) is 4.64. The molecule has 10 heteroatoms. The SMILES string of the molecule is CC(C)(C)OC(=O)N1CCCC(O)(c2cccnc2Oc2ccc3c(nnn3CC3CC3)c2Cl)C1. The lowest BCUT2D eigenvalue weighted by molar-refractivity contribution is -0.0476. The van der Waals surface area contributed by atoms with Crippen LogP contribution in [0.5, 0.6) is 11.6 Å². The van der Waals surface area contributed by atoms with E-state index in [1.54, 1.807) is 24.4 Å². The molecule has 1 aromatic carbocycles. The Bertz CT molecular complexity index is 1250. The zero-order chi connectivity index (χ0) is 24.8. The predicted molar refractivity (Wildman–Crippen MR) is 131 cm³/mol. The number of rotatable bonds is 5. The number of amides is 1. The third-order valence-electron chi connectivity index (χ3n) is 6.32. The van der Waals surface area contributed by atoms with E-state index < -0.39 is 17.3 Å². The van der Waals surface area contributed by atoms with Gasteiger partial charge >= 0.3 is 6.09 Å². The number of aliphatic hydroxyl groups is 1. The maximum atomic E-state index is 12.7. The maximum Gasteiger partial charge on any atom is 0.410 e. The zero-order valence-electron chi connectivity index (χ0n) is 20.2. The van der Waals surface area contributed by atoms with Gasteiger partial charge in [0.25, 0.3) is 0 Å². The van der Waals surface area contributed by atoms with Crippen molar-refractivity contribution < 1.29 is 19.4 Å². The Morgan fingerprint density at radius 2 is 2.09 bits per heavy atom. The first-order valence-corrected chi connectivity index (χ1v) is 12.4. The van der Waals surface area contributed by atoms with Crippen LogP contribution in [0.25, 0.3) is 11.0 Å². The molecule has 35 heavy (non-hydrogen) atoms. The number of fused-ring (bicyclic) bond motifs is 1. The van der Waals surface area contributed by atoms with Crippen molar-refractivity contribution >= 4 is 28.7 Å². The van der Waals surface area contributed by atoms with Gasteiger partial charge in [-0.05, 0) is 76.6 Å². The van der Waals surface area contributed by atoms with Crippen LogP contribution in [0.4, 0.5) is 4.79 Å². The summed E-state index contributed by atoms with van der Waals surface area (Å²) in [6.45, 7) is 6.87. The average Bonchev–Trinajstić information content (AvgIpc) is 3.53. The molecule has 1 aliphatic carbocycles. The molecule has 2 fully saturated rings. The number of aromatic nitrogens is 4. The minimum absolute atomic E-state index is 0.0756. The molecule has 1 saturated carbocycles. The van der Waals surface area contributed by atoms with Crippen molar-refractivity contribution in [3.8, 4) is 11.6 Å². The van der Waals surface area contributed by atoms with Gasteiger partial charge in [0.05, 0.1) is 12.1 Å². The fourth-order valence-corrected chi connectivity index (χ4v) is 4.65. The van der Waals surface area contributed by atoms with Crippen molar-refractivity contribution in [2.24, 2.45) is 5.92 Å². The van der Waals surface area contributed by atoms with Gasteiger partial charge in [-0.2, -0.15) is 0 Å². The van der Waals surface area contributed by atoms with Gasteiger partial charge in [-0.25, -0.2) is 14.5 Å². The summed E-state index contributed by atoms with van der Waals surface area (Å²) < 4.78 is 13.5. The number of hydrogen-bond acceptors (Lipinski definition) is 7. The molecule has 1 saturated heterocycles. The number of carbonyl (C=O) groups excluding carboxylic acids is 1. The van der Waals surface area contributed by atoms with Crippen LogP contribution in [0.3, 0.4) is 0 Å². The molecule has 0 spiro atoms. The molecule has 2 aromatic heterocycles. The Labute approximate surface area is 209 Å². The highest BCUT2D eigenvalue weighted by Crippen LogP contribution is 2.41. The van der Waals surface area contributed by atoms with Gasteiger partial charge in [0.1, 0.15) is 21.7 Å². The molecule has 1 amide bonds. The Hall–Kier alpha value is -2.91. The number of piperidine rings is 1. The molecule has 1 aliphatic heterocycles. The quantitative estimate of drug-likeness (QED) is 0.532. The van der Waals surface area contributed by atoms with Crippen LogP contribution >= 0.6 is 11.6 Å². The highest BCUT2D eigenvalue weighted by atomic mass is 35.5. The number of ether oxygens (including phenoxy) is 2. The van der Waals surface area contributed by atoms with Crippen LogP contribution < -0.4 is 4.74 Å². The summed E-state index contributed by atoms with van der Waals surface area (Å²) in [7, 11) is 0. The summed E-state index contributed by atoms with van der Waals surface area (Å²) in [5.74, 6) is 1.26. The molecular weight excluding hydrogens is 470 g/mol. The standard InChI is InChI=1S/C25H30ClN5O4/c1-24(2,3)35-23(32)30-13-5-11-25(33,15-30)17-6-4-12-27-22(17)34-19-10-9-18-21(20(19)26)28-29-31(18)14-16-7-8-16/h4,6,9-10,12,16,33H,5,7-8,11,13-15H2,1-3H3. The molecule has 5 rings (SSSR count). The molecule has 3 aromatic rings. The molecule has 1 N–H and O–H groups in total. The van der Waals surface area contributed by atoms with Crippen molar-refractivity contribution in [2.45, 2.75) is 64.2 Å². The number of carbonyl (C=O) groups is 1. The lowest BCUT2D eigenvalue weighted by Crippen LogP contribution is -2.50. The Morgan fingerprint density at radius 3 is 2.83 bits per heavy atom. The largest absolute Gasteiger partial charge is 0.444 e. The van der Waals surface area contributed by atoms with E-state index in [0.717, 1.165) is 12.1 Å². The van der Waals surface area contributed by atoms with Gasteiger partial charge in [-0.1, -0.05) is 16.8 Å². The molecule has 186 valence electrons. The molecule has 0 radical (unpaired) electrons. The number of pyridine rings is 1. The fraction of sp³-hybridized carbons (Fsp3) is 0.520. The molecule has 9 nitrogen and oxygen atoms in total. The highest BCUT2D eigenvalue weighted by molar-refractivity contribution is 6.36. The third-order valence-corrected chi connectivity index (χ3v) is 6.69. The van der Waals surface area contributed by atoms with E-state index in [4.69, 9.17) is 21.1 Å². The number of halogens is 1. The Morgan fingerprint density at radius 1 is 1.29 bits per heavy atom. The van der Waals surface area contributed by atoms with Crippen molar-refractivity contribution in [3.63, 3.8) is 0 Å². The summed E-state index contributed by atoms with van der Waals surface area (Å²) in [5.41, 5.74) is -0.0561. The lowest BCUT2D eigenvalue weighted by atomic mass is 9.86. The van der Waals surface area contributed by atoms with Crippen LogP contribution in [0.2, 0.25) is 5.02 Å². The van der Waals surface area contributed by atoms with Crippen LogP contribution in [0.1, 0.15) is 52.0 Å². The minimum Gasteiger partial charge on any atom is -0.444 e. The second-order valence-electron chi connectivity index (χ2n) is 10.5. The zero-order valence-corrected chi connectivity index (χ0v) is 21.0. The second-order valence-corrected chi connectivity index (χ2v) is 10.8. The predicted octanol–water partition coefficient (Wildman–Crippen LogP) is 4.90. The fourth-order valence-electron chi connectivity index (χ4n) is 4.41. The normalized spacial score (nSPS) is 20.8. The first-order chi connectivity index (χ1) is 16.6. The lowest BCUT2D eigenvalue weighted by Gasteiger charge is -2.40. The molecular formula is C25H30ClN5O4. The highest BCUT2D eigenvalue weighted by Gasteiger charge is 2.40. The summed E-state index contributed by atoms with van der Waals surface area (Å²) >= 11 is 6.66. The average molecular weight is 500 g/mol. The van der Waals surface area contributed by atoms with E-state index in [1.807, 2.05) is 31.5 Å².